The number of non-ortho nitro benzene ring substituents is 1. The molecule has 0 spiro atoms. The third kappa shape index (κ3) is 6.07. The highest BCUT2D eigenvalue weighted by Crippen LogP contribution is 2.29. The number of carbonyl (C=O) groups is 2. The molecule has 2 amide bonds. The Morgan fingerprint density at radius 2 is 1.69 bits per heavy atom. The normalized spacial score (nSPS) is 15.4. The molecule has 3 rings (SSSR count). The van der Waals surface area contributed by atoms with Gasteiger partial charge in [-0.25, -0.2) is 0 Å². The van der Waals surface area contributed by atoms with Crippen LogP contribution in [0, 0.1) is 16.0 Å². The zero-order chi connectivity index (χ0) is 23.3. The van der Waals surface area contributed by atoms with Crippen molar-refractivity contribution in [2.24, 2.45) is 5.92 Å². The molecule has 1 atom stereocenters. The number of hydrogen-bond donors (Lipinski definition) is 1. The maximum Gasteiger partial charge on any atom is 0.269 e. The number of nitrogens with one attached hydrogen (secondary N) is 1. The van der Waals surface area contributed by atoms with E-state index in [1.807, 2.05) is 43.0 Å². The lowest BCUT2D eigenvalue weighted by Gasteiger charge is -2.35. The molecular formula is C24H28ClN3O4. The monoisotopic (exact) mass is 457 g/mol. The van der Waals surface area contributed by atoms with Crippen molar-refractivity contribution in [1.29, 1.82) is 0 Å². The van der Waals surface area contributed by atoms with Crippen LogP contribution in [0.2, 0.25) is 5.02 Å². The molecule has 170 valence electrons. The number of carbonyl (C=O) groups excluding carboxylic acids is 2. The first-order chi connectivity index (χ1) is 15.2. The molecular weight excluding hydrogens is 430 g/mol. The number of rotatable bonds is 7. The number of hydrogen-bond acceptors (Lipinski definition) is 4. The largest absolute Gasteiger partial charge is 0.344 e. The van der Waals surface area contributed by atoms with Gasteiger partial charge in [-0.3, -0.25) is 19.7 Å². The van der Waals surface area contributed by atoms with Gasteiger partial charge in [-0.2, -0.15) is 0 Å². The number of nitro benzene ring substituents is 1. The van der Waals surface area contributed by atoms with Gasteiger partial charge in [0.15, 0.2) is 0 Å². The lowest BCUT2D eigenvalue weighted by Crippen LogP contribution is -2.53. The van der Waals surface area contributed by atoms with Crippen LogP contribution in [0.1, 0.15) is 43.7 Å². The van der Waals surface area contributed by atoms with E-state index in [-0.39, 0.29) is 29.8 Å². The molecule has 7 nitrogen and oxygen atoms in total. The van der Waals surface area contributed by atoms with Gasteiger partial charge in [0.2, 0.25) is 11.8 Å². The summed E-state index contributed by atoms with van der Waals surface area (Å²) in [6.45, 7) is 5.12. The smallest absolute Gasteiger partial charge is 0.269 e. The SMILES string of the molecule is CC(C)[C@@H](NC(=O)Cc1ccc([N+](=O)[O-])cc1)C(=O)N1CCC(c2ccc(Cl)cc2)CC1. The highest BCUT2D eigenvalue weighted by molar-refractivity contribution is 6.30. The molecule has 2 aromatic carbocycles. The number of amides is 2. The molecule has 1 N–H and O–H groups in total. The topological polar surface area (TPSA) is 92.5 Å². The van der Waals surface area contributed by atoms with Crippen LogP contribution >= 0.6 is 11.6 Å². The molecule has 8 heteroatoms. The van der Waals surface area contributed by atoms with Crippen molar-refractivity contribution in [3.8, 4) is 0 Å². The summed E-state index contributed by atoms with van der Waals surface area (Å²) in [5.74, 6) is -0.00333. The lowest BCUT2D eigenvalue weighted by atomic mass is 9.89. The van der Waals surface area contributed by atoms with Crippen LogP contribution in [0.15, 0.2) is 48.5 Å². The van der Waals surface area contributed by atoms with E-state index in [1.165, 1.54) is 17.7 Å². The first-order valence-electron chi connectivity index (χ1n) is 10.8. The van der Waals surface area contributed by atoms with Gasteiger partial charge in [-0.15, -0.1) is 0 Å². The molecule has 32 heavy (non-hydrogen) atoms. The Balaban J connectivity index is 1.56. The van der Waals surface area contributed by atoms with E-state index in [1.54, 1.807) is 12.1 Å². The third-order valence-electron chi connectivity index (χ3n) is 5.91. The molecule has 1 aliphatic rings. The molecule has 0 unspecified atom stereocenters. The summed E-state index contributed by atoms with van der Waals surface area (Å²) >= 11 is 5.98. The van der Waals surface area contributed by atoms with Crippen LogP contribution in [0.4, 0.5) is 5.69 Å². The summed E-state index contributed by atoms with van der Waals surface area (Å²) in [5.41, 5.74) is 1.87. The fourth-order valence-electron chi connectivity index (χ4n) is 4.02. The second-order valence-electron chi connectivity index (χ2n) is 8.54. The molecule has 0 saturated carbocycles. The van der Waals surface area contributed by atoms with Crippen LogP contribution in [0.25, 0.3) is 0 Å². The van der Waals surface area contributed by atoms with Gasteiger partial charge >= 0.3 is 0 Å². The van der Waals surface area contributed by atoms with Crippen LogP contribution < -0.4 is 5.32 Å². The maximum atomic E-state index is 13.2. The standard InChI is InChI=1S/C24H28ClN3O4/c1-16(2)23(26-22(29)15-17-3-9-21(10-4-17)28(31)32)24(30)27-13-11-19(12-14-27)18-5-7-20(25)8-6-18/h3-10,16,19,23H,11-15H2,1-2H3,(H,26,29)/t23-/m1/s1. The Bertz CT molecular complexity index is 952. The molecule has 1 aliphatic heterocycles. The zero-order valence-corrected chi connectivity index (χ0v) is 19.0. The van der Waals surface area contributed by atoms with Gasteiger partial charge in [0, 0.05) is 30.2 Å². The number of piperidine rings is 1. The fraction of sp³-hybridized carbons (Fsp3) is 0.417. The Hall–Kier alpha value is -2.93. The van der Waals surface area contributed by atoms with Gasteiger partial charge in [0.05, 0.1) is 11.3 Å². The second-order valence-corrected chi connectivity index (χ2v) is 8.98. The molecule has 1 saturated heterocycles. The van der Waals surface area contributed by atoms with Crippen LogP contribution in [0.3, 0.4) is 0 Å². The highest BCUT2D eigenvalue weighted by atomic mass is 35.5. The molecule has 1 heterocycles. The number of benzene rings is 2. The predicted octanol–water partition coefficient (Wildman–Crippen LogP) is 4.34. The predicted molar refractivity (Wildman–Crippen MR) is 124 cm³/mol. The Labute approximate surface area is 192 Å². The average molecular weight is 458 g/mol. The minimum absolute atomic E-state index is 0.0219. The second kappa shape index (κ2) is 10.6. The molecule has 0 aliphatic carbocycles. The number of nitro groups is 1. The van der Waals surface area contributed by atoms with E-state index in [0.29, 0.717) is 29.6 Å². The summed E-state index contributed by atoms with van der Waals surface area (Å²) in [6.07, 6.45) is 1.80. The van der Waals surface area contributed by atoms with Gasteiger partial charge in [-0.05, 0) is 47.9 Å². The van der Waals surface area contributed by atoms with Crippen molar-refractivity contribution in [1.82, 2.24) is 10.2 Å². The van der Waals surface area contributed by atoms with E-state index in [9.17, 15) is 19.7 Å². The van der Waals surface area contributed by atoms with Gasteiger partial charge in [0.1, 0.15) is 6.04 Å². The summed E-state index contributed by atoms with van der Waals surface area (Å²) in [7, 11) is 0. The number of likely N-dealkylation sites (tertiary alicyclic amines) is 1. The van der Waals surface area contributed by atoms with Crippen molar-refractivity contribution in [3.05, 3.63) is 74.8 Å². The van der Waals surface area contributed by atoms with Gasteiger partial charge < -0.3 is 10.2 Å². The van der Waals surface area contributed by atoms with E-state index >= 15 is 0 Å². The molecule has 1 fully saturated rings. The quantitative estimate of drug-likeness (QED) is 0.494. The summed E-state index contributed by atoms with van der Waals surface area (Å²) in [5, 5.41) is 14.4. The minimum atomic E-state index is -0.604. The Kier molecular flexibility index (Phi) is 7.85. The lowest BCUT2D eigenvalue weighted by molar-refractivity contribution is -0.384. The van der Waals surface area contributed by atoms with Crippen molar-refractivity contribution in [3.63, 3.8) is 0 Å². The Morgan fingerprint density at radius 1 is 1.09 bits per heavy atom. The molecule has 0 radical (unpaired) electrons. The first kappa shape index (κ1) is 23.7. The minimum Gasteiger partial charge on any atom is -0.344 e. The molecule has 0 aromatic heterocycles. The van der Waals surface area contributed by atoms with Crippen molar-refractivity contribution in [2.75, 3.05) is 13.1 Å². The number of nitrogens with zero attached hydrogens (tertiary/aromatic N) is 2. The first-order valence-corrected chi connectivity index (χ1v) is 11.2. The van der Waals surface area contributed by atoms with Crippen LogP contribution in [-0.2, 0) is 16.0 Å². The summed E-state index contributed by atoms with van der Waals surface area (Å²) in [6, 6.07) is 13.1. The van der Waals surface area contributed by atoms with Crippen LogP contribution in [0.5, 0.6) is 0 Å². The van der Waals surface area contributed by atoms with Gasteiger partial charge in [-0.1, -0.05) is 49.7 Å². The zero-order valence-electron chi connectivity index (χ0n) is 18.3. The summed E-state index contributed by atoms with van der Waals surface area (Å²) in [4.78, 5) is 37.9. The van der Waals surface area contributed by atoms with Crippen LogP contribution in [-0.4, -0.2) is 40.8 Å². The van der Waals surface area contributed by atoms with E-state index in [2.05, 4.69) is 5.32 Å². The number of halogens is 1. The highest BCUT2D eigenvalue weighted by Gasteiger charge is 2.31. The molecule has 0 bridgehead atoms. The van der Waals surface area contributed by atoms with E-state index in [0.717, 1.165) is 12.8 Å². The van der Waals surface area contributed by atoms with Gasteiger partial charge in [0.25, 0.3) is 5.69 Å². The summed E-state index contributed by atoms with van der Waals surface area (Å²) < 4.78 is 0. The Morgan fingerprint density at radius 3 is 2.22 bits per heavy atom. The van der Waals surface area contributed by atoms with Crippen molar-refractivity contribution in [2.45, 2.75) is 45.1 Å². The van der Waals surface area contributed by atoms with E-state index < -0.39 is 11.0 Å². The maximum absolute atomic E-state index is 13.2. The van der Waals surface area contributed by atoms with Crippen molar-refractivity contribution >= 4 is 29.1 Å². The fourth-order valence-corrected chi connectivity index (χ4v) is 4.15. The average Bonchev–Trinajstić information content (AvgIpc) is 2.78. The third-order valence-corrected chi connectivity index (χ3v) is 6.16. The van der Waals surface area contributed by atoms with Crippen molar-refractivity contribution < 1.29 is 14.5 Å². The van der Waals surface area contributed by atoms with E-state index in [4.69, 9.17) is 11.6 Å². The molecule has 2 aromatic rings.